The third-order valence-electron chi connectivity index (χ3n) is 3.54. The van der Waals surface area contributed by atoms with E-state index < -0.39 is 0 Å². The second-order valence-corrected chi connectivity index (χ2v) is 5.18. The maximum absolute atomic E-state index is 4.35. The minimum absolute atomic E-state index is 0.520. The van der Waals surface area contributed by atoms with Crippen LogP contribution in [0.2, 0.25) is 0 Å². The van der Waals surface area contributed by atoms with Gasteiger partial charge in [-0.25, -0.2) is 4.98 Å². The fourth-order valence-corrected chi connectivity index (χ4v) is 2.33. The molecule has 1 N–H and O–H groups in total. The molecule has 0 amide bonds. The molecule has 0 aliphatic heterocycles. The lowest BCUT2D eigenvalue weighted by Gasteiger charge is -2.18. The summed E-state index contributed by atoms with van der Waals surface area (Å²) in [6.07, 6.45) is 6.73. The summed E-state index contributed by atoms with van der Waals surface area (Å²) < 4.78 is 1.78. The molecule has 1 atom stereocenters. The Kier molecular flexibility index (Phi) is 2.89. The van der Waals surface area contributed by atoms with E-state index >= 15 is 0 Å². The Balaban J connectivity index is 1.85. The first-order valence-corrected chi connectivity index (χ1v) is 6.70. The SMILES string of the molecule is CCC(CC1CC1)Nc1cc(C)nc2ncnn12. The van der Waals surface area contributed by atoms with Crippen LogP contribution in [-0.4, -0.2) is 25.6 Å². The first kappa shape index (κ1) is 11.4. The number of aryl methyl sites for hydroxylation is 1. The molecule has 3 rings (SSSR count). The average Bonchev–Trinajstić information content (AvgIpc) is 3.03. The predicted octanol–water partition coefficient (Wildman–Crippen LogP) is 2.42. The van der Waals surface area contributed by atoms with E-state index in [1.807, 2.05) is 13.0 Å². The van der Waals surface area contributed by atoms with Crippen LogP contribution in [0.5, 0.6) is 0 Å². The molecular weight excluding hydrogens is 226 g/mol. The van der Waals surface area contributed by atoms with Crippen molar-refractivity contribution in [3.8, 4) is 0 Å². The minimum Gasteiger partial charge on any atom is -0.367 e. The van der Waals surface area contributed by atoms with Crippen molar-refractivity contribution >= 4 is 11.6 Å². The number of anilines is 1. The molecule has 0 saturated heterocycles. The van der Waals surface area contributed by atoms with Crippen LogP contribution in [-0.2, 0) is 0 Å². The molecule has 0 bridgehead atoms. The molecule has 1 unspecified atom stereocenters. The Morgan fingerprint density at radius 3 is 3.06 bits per heavy atom. The van der Waals surface area contributed by atoms with Crippen LogP contribution in [0.4, 0.5) is 5.82 Å². The Bertz CT molecular complexity index is 543. The van der Waals surface area contributed by atoms with Crippen molar-refractivity contribution in [1.82, 2.24) is 19.6 Å². The lowest BCUT2D eigenvalue weighted by atomic mass is 10.1. The van der Waals surface area contributed by atoms with Crippen molar-refractivity contribution in [1.29, 1.82) is 0 Å². The molecule has 0 spiro atoms. The van der Waals surface area contributed by atoms with E-state index in [2.05, 4.69) is 27.3 Å². The van der Waals surface area contributed by atoms with Gasteiger partial charge in [0.2, 0.25) is 0 Å². The first-order valence-electron chi connectivity index (χ1n) is 6.70. The zero-order chi connectivity index (χ0) is 12.5. The van der Waals surface area contributed by atoms with Crippen LogP contribution in [0.25, 0.3) is 5.78 Å². The smallest absolute Gasteiger partial charge is 0.254 e. The molecule has 1 aliphatic carbocycles. The van der Waals surface area contributed by atoms with Gasteiger partial charge in [0.05, 0.1) is 0 Å². The number of aromatic nitrogens is 4. The van der Waals surface area contributed by atoms with Crippen molar-refractivity contribution in [2.45, 2.75) is 45.6 Å². The standard InChI is InChI=1S/C13H19N5/c1-3-11(7-10-4-5-10)17-12-6-9(2)16-13-14-8-15-18(12)13/h6,8,10-11,17H,3-5,7H2,1-2H3. The summed E-state index contributed by atoms with van der Waals surface area (Å²) in [5, 5.41) is 7.81. The van der Waals surface area contributed by atoms with E-state index in [1.165, 1.54) is 19.3 Å². The van der Waals surface area contributed by atoms with Gasteiger partial charge in [-0.3, -0.25) is 0 Å². The molecular formula is C13H19N5. The van der Waals surface area contributed by atoms with Gasteiger partial charge in [-0.05, 0) is 25.7 Å². The van der Waals surface area contributed by atoms with Gasteiger partial charge in [-0.2, -0.15) is 14.6 Å². The van der Waals surface area contributed by atoms with E-state index in [-0.39, 0.29) is 0 Å². The zero-order valence-corrected chi connectivity index (χ0v) is 10.9. The number of rotatable bonds is 5. The highest BCUT2D eigenvalue weighted by Crippen LogP contribution is 2.34. The van der Waals surface area contributed by atoms with Gasteiger partial charge in [-0.15, -0.1) is 0 Å². The summed E-state index contributed by atoms with van der Waals surface area (Å²) in [7, 11) is 0. The third kappa shape index (κ3) is 2.30. The van der Waals surface area contributed by atoms with Crippen LogP contribution in [0.1, 0.15) is 38.3 Å². The molecule has 2 aromatic heterocycles. The summed E-state index contributed by atoms with van der Waals surface area (Å²) in [4.78, 5) is 8.50. The molecule has 1 saturated carbocycles. The maximum Gasteiger partial charge on any atom is 0.254 e. The highest BCUT2D eigenvalue weighted by atomic mass is 15.4. The van der Waals surface area contributed by atoms with Crippen molar-refractivity contribution in [2.75, 3.05) is 5.32 Å². The van der Waals surface area contributed by atoms with Crippen LogP contribution < -0.4 is 5.32 Å². The van der Waals surface area contributed by atoms with E-state index in [0.717, 1.165) is 23.9 Å². The van der Waals surface area contributed by atoms with Gasteiger partial charge in [-0.1, -0.05) is 19.8 Å². The number of fused-ring (bicyclic) bond motifs is 1. The molecule has 1 aliphatic rings. The summed E-state index contributed by atoms with van der Waals surface area (Å²) >= 11 is 0. The van der Waals surface area contributed by atoms with Crippen molar-refractivity contribution in [2.24, 2.45) is 5.92 Å². The van der Waals surface area contributed by atoms with Crippen molar-refractivity contribution in [3.05, 3.63) is 18.1 Å². The molecule has 96 valence electrons. The van der Waals surface area contributed by atoms with E-state index in [9.17, 15) is 0 Å². The van der Waals surface area contributed by atoms with Gasteiger partial charge in [0.25, 0.3) is 5.78 Å². The maximum atomic E-state index is 4.35. The fourth-order valence-electron chi connectivity index (χ4n) is 2.33. The predicted molar refractivity (Wildman–Crippen MR) is 70.6 cm³/mol. The molecule has 0 aromatic carbocycles. The monoisotopic (exact) mass is 245 g/mol. The Hall–Kier alpha value is -1.65. The van der Waals surface area contributed by atoms with Crippen LogP contribution in [0, 0.1) is 12.8 Å². The Morgan fingerprint density at radius 2 is 2.33 bits per heavy atom. The second-order valence-electron chi connectivity index (χ2n) is 5.18. The Morgan fingerprint density at radius 1 is 1.50 bits per heavy atom. The summed E-state index contributed by atoms with van der Waals surface area (Å²) in [5.74, 6) is 2.60. The summed E-state index contributed by atoms with van der Waals surface area (Å²) in [6, 6.07) is 2.56. The molecule has 5 heteroatoms. The van der Waals surface area contributed by atoms with Crippen molar-refractivity contribution < 1.29 is 0 Å². The number of nitrogens with one attached hydrogen (secondary N) is 1. The van der Waals surface area contributed by atoms with Gasteiger partial charge in [0.1, 0.15) is 12.1 Å². The fraction of sp³-hybridized carbons (Fsp3) is 0.615. The van der Waals surface area contributed by atoms with E-state index in [4.69, 9.17) is 0 Å². The molecule has 2 aromatic rings. The van der Waals surface area contributed by atoms with Gasteiger partial charge in [0.15, 0.2) is 0 Å². The lowest BCUT2D eigenvalue weighted by Crippen LogP contribution is -2.21. The minimum atomic E-state index is 0.520. The van der Waals surface area contributed by atoms with Gasteiger partial charge >= 0.3 is 0 Å². The highest BCUT2D eigenvalue weighted by molar-refractivity contribution is 5.45. The third-order valence-corrected chi connectivity index (χ3v) is 3.54. The number of nitrogens with zero attached hydrogens (tertiary/aromatic N) is 4. The van der Waals surface area contributed by atoms with E-state index in [0.29, 0.717) is 11.8 Å². The molecule has 18 heavy (non-hydrogen) atoms. The second kappa shape index (κ2) is 4.55. The number of hydrogen-bond acceptors (Lipinski definition) is 4. The molecule has 2 heterocycles. The van der Waals surface area contributed by atoms with Gasteiger partial charge < -0.3 is 5.32 Å². The largest absolute Gasteiger partial charge is 0.367 e. The van der Waals surface area contributed by atoms with E-state index in [1.54, 1.807) is 10.8 Å². The van der Waals surface area contributed by atoms with Crippen LogP contribution in [0.15, 0.2) is 12.4 Å². The van der Waals surface area contributed by atoms with Crippen LogP contribution in [0.3, 0.4) is 0 Å². The van der Waals surface area contributed by atoms with Crippen LogP contribution >= 0.6 is 0 Å². The quantitative estimate of drug-likeness (QED) is 0.879. The van der Waals surface area contributed by atoms with Gasteiger partial charge in [0, 0.05) is 17.8 Å². The first-order chi connectivity index (χ1) is 8.76. The summed E-state index contributed by atoms with van der Waals surface area (Å²) in [6.45, 7) is 4.22. The lowest BCUT2D eigenvalue weighted by molar-refractivity contribution is 0.582. The average molecular weight is 245 g/mol. The summed E-state index contributed by atoms with van der Waals surface area (Å²) in [5.41, 5.74) is 0.972. The normalized spacial score (nSPS) is 17.0. The topological polar surface area (TPSA) is 55.1 Å². The van der Waals surface area contributed by atoms with Crippen molar-refractivity contribution in [3.63, 3.8) is 0 Å². The zero-order valence-electron chi connectivity index (χ0n) is 10.9. The Labute approximate surface area is 107 Å². The number of hydrogen-bond donors (Lipinski definition) is 1. The molecule has 1 fully saturated rings. The molecule has 5 nitrogen and oxygen atoms in total. The molecule has 0 radical (unpaired) electrons. The highest BCUT2D eigenvalue weighted by Gasteiger charge is 2.25.